The van der Waals surface area contributed by atoms with Gasteiger partial charge >= 0.3 is 0 Å². The summed E-state index contributed by atoms with van der Waals surface area (Å²) in [5, 5.41) is 9.32. The van der Waals surface area contributed by atoms with Gasteiger partial charge in [-0.15, -0.1) is 0 Å². The SMILES string of the molecule is CCC(O)CCCS(=O)(=O)c1ccc(F)cc1. The predicted molar refractivity (Wildman–Crippen MR) is 64.0 cm³/mol. The van der Waals surface area contributed by atoms with Crippen molar-refractivity contribution in [3.63, 3.8) is 0 Å². The van der Waals surface area contributed by atoms with Gasteiger partial charge in [0.15, 0.2) is 9.84 Å². The van der Waals surface area contributed by atoms with Crippen molar-refractivity contribution in [2.24, 2.45) is 0 Å². The van der Waals surface area contributed by atoms with E-state index >= 15 is 0 Å². The Hall–Kier alpha value is -0.940. The maximum Gasteiger partial charge on any atom is 0.178 e. The van der Waals surface area contributed by atoms with E-state index in [-0.39, 0.29) is 10.6 Å². The number of aliphatic hydroxyl groups excluding tert-OH is 1. The molecule has 0 aliphatic rings. The van der Waals surface area contributed by atoms with Crippen LogP contribution in [-0.2, 0) is 9.84 Å². The Labute approximate surface area is 101 Å². The number of rotatable bonds is 6. The molecule has 0 saturated heterocycles. The molecule has 0 saturated carbocycles. The average molecular weight is 260 g/mol. The topological polar surface area (TPSA) is 54.4 Å². The molecule has 1 atom stereocenters. The molecule has 0 spiro atoms. The Kier molecular flexibility index (Phi) is 5.08. The summed E-state index contributed by atoms with van der Waals surface area (Å²) >= 11 is 0. The molecule has 5 heteroatoms. The molecule has 0 aromatic heterocycles. The van der Waals surface area contributed by atoms with Crippen LogP contribution in [0.3, 0.4) is 0 Å². The molecule has 0 heterocycles. The molecule has 1 aromatic rings. The van der Waals surface area contributed by atoms with Crippen molar-refractivity contribution >= 4 is 9.84 Å². The zero-order chi connectivity index (χ0) is 12.9. The summed E-state index contributed by atoms with van der Waals surface area (Å²) in [7, 11) is -3.36. The van der Waals surface area contributed by atoms with E-state index in [2.05, 4.69) is 0 Å². The van der Waals surface area contributed by atoms with Crippen molar-refractivity contribution < 1.29 is 17.9 Å². The molecular formula is C12H17FO3S. The van der Waals surface area contributed by atoms with E-state index in [4.69, 9.17) is 0 Å². The van der Waals surface area contributed by atoms with E-state index in [0.717, 1.165) is 12.1 Å². The van der Waals surface area contributed by atoms with Crippen LogP contribution in [0.1, 0.15) is 26.2 Å². The summed E-state index contributed by atoms with van der Waals surface area (Å²) in [6.07, 6.45) is 1.06. The second-order valence-corrected chi connectivity index (χ2v) is 6.09. The van der Waals surface area contributed by atoms with Gasteiger partial charge in [0.2, 0.25) is 0 Å². The lowest BCUT2D eigenvalue weighted by atomic mass is 10.2. The summed E-state index contributed by atoms with van der Waals surface area (Å²) in [5.41, 5.74) is 0. The number of aliphatic hydroxyl groups is 1. The molecule has 1 rings (SSSR count). The van der Waals surface area contributed by atoms with Gasteiger partial charge in [-0.05, 0) is 43.5 Å². The molecular weight excluding hydrogens is 243 g/mol. The zero-order valence-corrected chi connectivity index (χ0v) is 10.6. The fourth-order valence-corrected chi connectivity index (χ4v) is 2.81. The molecule has 0 amide bonds. The van der Waals surface area contributed by atoms with Crippen LogP contribution in [0.25, 0.3) is 0 Å². The van der Waals surface area contributed by atoms with Crippen LogP contribution in [0.5, 0.6) is 0 Å². The van der Waals surface area contributed by atoms with E-state index in [9.17, 15) is 17.9 Å². The highest BCUT2D eigenvalue weighted by atomic mass is 32.2. The van der Waals surface area contributed by atoms with Gasteiger partial charge in [0, 0.05) is 0 Å². The van der Waals surface area contributed by atoms with Crippen LogP contribution in [0.2, 0.25) is 0 Å². The highest BCUT2D eigenvalue weighted by molar-refractivity contribution is 7.91. The highest BCUT2D eigenvalue weighted by Crippen LogP contribution is 2.14. The molecule has 96 valence electrons. The van der Waals surface area contributed by atoms with Gasteiger partial charge in [-0.25, -0.2) is 12.8 Å². The van der Waals surface area contributed by atoms with E-state index in [1.54, 1.807) is 0 Å². The predicted octanol–water partition coefficient (Wildman–Crippen LogP) is 2.15. The van der Waals surface area contributed by atoms with Gasteiger partial charge in [-0.3, -0.25) is 0 Å². The molecule has 3 nitrogen and oxygen atoms in total. The van der Waals surface area contributed by atoms with Gasteiger partial charge in [-0.1, -0.05) is 6.92 Å². The fourth-order valence-electron chi connectivity index (χ4n) is 1.47. The van der Waals surface area contributed by atoms with Crippen LogP contribution in [0, 0.1) is 5.82 Å². The van der Waals surface area contributed by atoms with Gasteiger partial charge < -0.3 is 5.11 Å². The Morgan fingerprint density at radius 2 is 1.88 bits per heavy atom. The first-order chi connectivity index (χ1) is 7.95. The summed E-state index contributed by atoms with van der Waals surface area (Å²) in [4.78, 5) is 0.130. The number of halogens is 1. The van der Waals surface area contributed by atoms with Crippen LogP contribution in [0.15, 0.2) is 29.2 Å². The van der Waals surface area contributed by atoms with Crippen LogP contribution in [0.4, 0.5) is 4.39 Å². The minimum atomic E-state index is -3.36. The largest absolute Gasteiger partial charge is 0.393 e. The smallest absolute Gasteiger partial charge is 0.178 e. The Balaban J connectivity index is 2.60. The third-order valence-corrected chi connectivity index (χ3v) is 4.41. The van der Waals surface area contributed by atoms with Crippen molar-refractivity contribution in [2.75, 3.05) is 5.75 Å². The maximum atomic E-state index is 12.7. The number of sulfone groups is 1. The number of benzene rings is 1. The monoisotopic (exact) mass is 260 g/mol. The maximum absolute atomic E-state index is 12.7. The van der Waals surface area contributed by atoms with E-state index in [1.165, 1.54) is 12.1 Å². The third kappa shape index (κ3) is 4.44. The Bertz CT molecular complexity index is 439. The molecule has 17 heavy (non-hydrogen) atoms. The standard InChI is InChI=1S/C12H17FO3S/c1-2-11(14)4-3-9-17(15,16)12-7-5-10(13)6-8-12/h5-8,11,14H,2-4,9H2,1H3. The first kappa shape index (κ1) is 14.1. The molecule has 0 aliphatic carbocycles. The Morgan fingerprint density at radius 1 is 1.29 bits per heavy atom. The minimum Gasteiger partial charge on any atom is -0.393 e. The summed E-state index contributed by atoms with van der Waals surface area (Å²) in [5.74, 6) is -0.472. The zero-order valence-electron chi connectivity index (χ0n) is 9.77. The number of hydrogen-bond acceptors (Lipinski definition) is 3. The van der Waals surface area contributed by atoms with Crippen LogP contribution in [-0.4, -0.2) is 25.4 Å². The highest BCUT2D eigenvalue weighted by Gasteiger charge is 2.14. The molecule has 0 aliphatic heterocycles. The van der Waals surface area contributed by atoms with E-state index in [1.807, 2.05) is 6.92 Å². The van der Waals surface area contributed by atoms with Crippen molar-refractivity contribution in [3.05, 3.63) is 30.1 Å². The van der Waals surface area contributed by atoms with Gasteiger partial charge in [0.1, 0.15) is 5.82 Å². The normalized spacial score (nSPS) is 13.6. The van der Waals surface area contributed by atoms with Gasteiger partial charge in [0.05, 0.1) is 16.8 Å². The van der Waals surface area contributed by atoms with Crippen molar-refractivity contribution in [1.82, 2.24) is 0 Å². The average Bonchev–Trinajstić information content (AvgIpc) is 2.29. The summed E-state index contributed by atoms with van der Waals surface area (Å²) < 4.78 is 36.3. The fraction of sp³-hybridized carbons (Fsp3) is 0.500. The van der Waals surface area contributed by atoms with Crippen LogP contribution >= 0.6 is 0 Å². The third-order valence-electron chi connectivity index (χ3n) is 2.59. The van der Waals surface area contributed by atoms with E-state index in [0.29, 0.717) is 19.3 Å². The lowest BCUT2D eigenvalue weighted by Crippen LogP contribution is -2.11. The lowest BCUT2D eigenvalue weighted by Gasteiger charge is -2.07. The Morgan fingerprint density at radius 3 is 2.41 bits per heavy atom. The van der Waals surface area contributed by atoms with Crippen molar-refractivity contribution in [2.45, 2.75) is 37.2 Å². The molecule has 1 aromatic carbocycles. The van der Waals surface area contributed by atoms with Gasteiger partial charge in [-0.2, -0.15) is 0 Å². The van der Waals surface area contributed by atoms with Gasteiger partial charge in [0.25, 0.3) is 0 Å². The summed E-state index contributed by atoms with van der Waals surface area (Å²) in [6.45, 7) is 1.85. The second-order valence-electron chi connectivity index (χ2n) is 3.98. The van der Waals surface area contributed by atoms with Crippen LogP contribution < -0.4 is 0 Å². The molecule has 1 unspecified atom stereocenters. The van der Waals surface area contributed by atoms with E-state index < -0.39 is 21.8 Å². The molecule has 0 fully saturated rings. The minimum absolute atomic E-state index is 0.0182. The second kappa shape index (κ2) is 6.12. The molecule has 0 bridgehead atoms. The lowest BCUT2D eigenvalue weighted by molar-refractivity contribution is 0.159. The summed E-state index contributed by atoms with van der Waals surface area (Å²) in [6, 6.07) is 4.80. The first-order valence-corrected chi connectivity index (χ1v) is 7.27. The van der Waals surface area contributed by atoms with Crippen molar-refractivity contribution in [3.8, 4) is 0 Å². The first-order valence-electron chi connectivity index (χ1n) is 5.62. The molecule has 1 N–H and O–H groups in total. The number of hydrogen-bond donors (Lipinski definition) is 1. The van der Waals surface area contributed by atoms with Crippen molar-refractivity contribution in [1.29, 1.82) is 0 Å². The quantitative estimate of drug-likeness (QED) is 0.797. The molecule has 0 radical (unpaired) electrons.